The van der Waals surface area contributed by atoms with Gasteiger partial charge in [0.05, 0.1) is 19.1 Å². The van der Waals surface area contributed by atoms with Gasteiger partial charge in [-0.05, 0) is 48.4 Å². The molecule has 2 fully saturated rings. The van der Waals surface area contributed by atoms with Crippen LogP contribution in [0, 0.1) is 5.82 Å². The Morgan fingerprint density at radius 1 is 0.906 bits per heavy atom. The Hall–Kier alpha value is -2.29. The van der Waals surface area contributed by atoms with E-state index in [9.17, 15) is 14.0 Å². The van der Waals surface area contributed by atoms with Crippen LogP contribution >= 0.6 is 11.3 Å². The first-order valence-electron chi connectivity index (χ1n) is 11.4. The van der Waals surface area contributed by atoms with Crippen molar-refractivity contribution < 1.29 is 14.0 Å². The Morgan fingerprint density at radius 3 is 2.19 bits per heavy atom. The maximum atomic E-state index is 13.4. The highest BCUT2D eigenvalue weighted by molar-refractivity contribution is 7.10. The third-order valence-electron chi connectivity index (χ3n) is 6.24. The summed E-state index contributed by atoms with van der Waals surface area (Å²) in [5, 5.41) is 5.10. The van der Waals surface area contributed by atoms with Crippen LogP contribution in [-0.4, -0.2) is 78.9 Å². The van der Waals surface area contributed by atoms with Crippen molar-refractivity contribution in [3.63, 3.8) is 0 Å². The molecule has 1 unspecified atom stereocenters. The van der Waals surface area contributed by atoms with Gasteiger partial charge < -0.3 is 10.2 Å². The molecule has 0 saturated carbocycles. The minimum atomic E-state index is -0.290. The molecule has 2 aliphatic rings. The zero-order chi connectivity index (χ0) is 22.3. The average Bonchev–Trinajstić information content (AvgIpc) is 3.35. The number of amides is 2. The van der Waals surface area contributed by atoms with E-state index in [1.807, 2.05) is 22.4 Å². The smallest absolute Gasteiger partial charge is 0.236 e. The number of nitrogens with zero attached hydrogens (tertiary/aromatic N) is 3. The lowest BCUT2D eigenvalue weighted by molar-refractivity contribution is -0.134. The van der Waals surface area contributed by atoms with Gasteiger partial charge in [0.1, 0.15) is 5.82 Å². The quantitative estimate of drug-likeness (QED) is 0.693. The van der Waals surface area contributed by atoms with Gasteiger partial charge in [-0.1, -0.05) is 18.2 Å². The average molecular weight is 459 g/mol. The van der Waals surface area contributed by atoms with Crippen molar-refractivity contribution in [3.8, 4) is 0 Å². The predicted molar refractivity (Wildman–Crippen MR) is 124 cm³/mol. The van der Waals surface area contributed by atoms with Crippen LogP contribution in [0.25, 0.3) is 0 Å². The number of nitrogens with one attached hydrogen (secondary N) is 1. The molecule has 6 nitrogen and oxygen atoms in total. The Bertz CT molecular complexity index is 876. The molecule has 0 radical (unpaired) electrons. The van der Waals surface area contributed by atoms with Crippen LogP contribution in [0.4, 0.5) is 4.39 Å². The molecule has 0 aliphatic carbocycles. The zero-order valence-electron chi connectivity index (χ0n) is 18.3. The molecule has 0 spiro atoms. The maximum Gasteiger partial charge on any atom is 0.236 e. The minimum absolute atomic E-state index is 0.0504. The molecule has 2 amide bonds. The summed E-state index contributed by atoms with van der Waals surface area (Å²) in [6.07, 6.45) is 3.44. The van der Waals surface area contributed by atoms with Gasteiger partial charge in [0, 0.05) is 44.1 Å². The molecule has 32 heavy (non-hydrogen) atoms. The molecule has 8 heteroatoms. The lowest BCUT2D eigenvalue weighted by Gasteiger charge is -2.36. The van der Waals surface area contributed by atoms with E-state index in [2.05, 4.69) is 15.1 Å². The normalized spacial score (nSPS) is 19.0. The molecule has 1 aromatic carbocycles. The number of likely N-dealkylation sites (tertiary alicyclic amines) is 1. The number of piperazine rings is 1. The van der Waals surface area contributed by atoms with Crippen molar-refractivity contribution in [2.45, 2.75) is 25.3 Å². The van der Waals surface area contributed by atoms with Gasteiger partial charge in [-0.25, -0.2) is 4.39 Å². The van der Waals surface area contributed by atoms with Crippen molar-refractivity contribution in [2.24, 2.45) is 0 Å². The number of benzene rings is 1. The minimum Gasteiger partial charge on any atom is -0.343 e. The molecular formula is C24H31FN4O2S. The molecule has 1 atom stereocenters. The van der Waals surface area contributed by atoms with E-state index in [0.717, 1.165) is 62.6 Å². The SMILES string of the molecule is O=C(CN1CCN(CC(=O)N2CCCCC2)CC1)NC(c1ccc(F)cc1)c1cccs1. The van der Waals surface area contributed by atoms with Crippen molar-refractivity contribution in [1.29, 1.82) is 0 Å². The van der Waals surface area contributed by atoms with Crippen molar-refractivity contribution in [1.82, 2.24) is 20.0 Å². The van der Waals surface area contributed by atoms with E-state index < -0.39 is 0 Å². The third kappa shape index (κ3) is 6.15. The number of carbonyl (C=O) groups excluding carboxylic acids is 2. The van der Waals surface area contributed by atoms with Gasteiger partial charge in [0.2, 0.25) is 11.8 Å². The van der Waals surface area contributed by atoms with E-state index in [1.54, 1.807) is 23.5 Å². The number of halogens is 1. The van der Waals surface area contributed by atoms with E-state index in [4.69, 9.17) is 0 Å². The summed E-state index contributed by atoms with van der Waals surface area (Å²) in [4.78, 5) is 32.7. The van der Waals surface area contributed by atoms with Crippen LogP contribution in [0.5, 0.6) is 0 Å². The predicted octanol–water partition coefficient (Wildman–Crippen LogP) is 2.72. The molecule has 172 valence electrons. The van der Waals surface area contributed by atoms with Crippen LogP contribution in [0.3, 0.4) is 0 Å². The molecule has 2 aromatic rings. The van der Waals surface area contributed by atoms with E-state index in [1.165, 1.54) is 18.6 Å². The molecule has 1 N–H and O–H groups in total. The van der Waals surface area contributed by atoms with Crippen molar-refractivity contribution in [2.75, 3.05) is 52.4 Å². The van der Waals surface area contributed by atoms with Crippen molar-refractivity contribution >= 4 is 23.2 Å². The van der Waals surface area contributed by atoms with Gasteiger partial charge in [0.15, 0.2) is 0 Å². The first-order chi connectivity index (χ1) is 15.6. The monoisotopic (exact) mass is 458 g/mol. The highest BCUT2D eigenvalue weighted by atomic mass is 32.1. The zero-order valence-corrected chi connectivity index (χ0v) is 19.2. The van der Waals surface area contributed by atoms with Gasteiger partial charge in [-0.3, -0.25) is 19.4 Å². The number of hydrogen-bond donors (Lipinski definition) is 1. The first kappa shape index (κ1) is 22.9. The molecule has 2 saturated heterocycles. The molecular weight excluding hydrogens is 427 g/mol. The number of carbonyl (C=O) groups is 2. The first-order valence-corrected chi connectivity index (χ1v) is 12.3. The van der Waals surface area contributed by atoms with Gasteiger partial charge in [-0.15, -0.1) is 11.3 Å². The van der Waals surface area contributed by atoms with Gasteiger partial charge in [-0.2, -0.15) is 0 Å². The summed E-state index contributed by atoms with van der Waals surface area (Å²) in [6.45, 7) is 5.68. The van der Waals surface area contributed by atoms with Crippen LogP contribution in [0.2, 0.25) is 0 Å². The van der Waals surface area contributed by atoms with Crippen LogP contribution in [0.1, 0.15) is 35.7 Å². The molecule has 0 bridgehead atoms. The lowest BCUT2D eigenvalue weighted by atomic mass is 10.1. The molecule has 4 rings (SSSR count). The largest absolute Gasteiger partial charge is 0.343 e. The Morgan fingerprint density at radius 2 is 1.56 bits per heavy atom. The van der Waals surface area contributed by atoms with Gasteiger partial charge >= 0.3 is 0 Å². The number of piperidine rings is 1. The Balaban J connectivity index is 1.26. The summed E-state index contributed by atoms with van der Waals surface area (Å²) < 4.78 is 13.4. The third-order valence-corrected chi connectivity index (χ3v) is 7.17. The van der Waals surface area contributed by atoms with E-state index >= 15 is 0 Å². The highest BCUT2D eigenvalue weighted by Crippen LogP contribution is 2.26. The fourth-order valence-electron chi connectivity index (χ4n) is 4.38. The van der Waals surface area contributed by atoms with Crippen molar-refractivity contribution in [3.05, 3.63) is 58.0 Å². The maximum absolute atomic E-state index is 13.4. The van der Waals surface area contributed by atoms with E-state index in [0.29, 0.717) is 13.1 Å². The Kier molecular flexibility index (Phi) is 7.89. The summed E-state index contributed by atoms with van der Waals surface area (Å²) >= 11 is 1.57. The fourth-order valence-corrected chi connectivity index (χ4v) is 5.18. The summed E-state index contributed by atoms with van der Waals surface area (Å²) in [7, 11) is 0. The molecule has 1 aromatic heterocycles. The Labute approximate surface area is 193 Å². The summed E-state index contributed by atoms with van der Waals surface area (Å²) in [5.41, 5.74) is 0.864. The second-order valence-electron chi connectivity index (χ2n) is 8.56. The van der Waals surface area contributed by atoms with Crippen LogP contribution in [-0.2, 0) is 9.59 Å². The number of hydrogen-bond acceptors (Lipinski definition) is 5. The van der Waals surface area contributed by atoms with Gasteiger partial charge in [0.25, 0.3) is 0 Å². The number of thiophene rings is 1. The summed E-state index contributed by atoms with van der Waals surface area (Å²) in [5.74, 6) is -0.110. The van der Waals surface area contributed by atoms with Crippen LogP contribution in [0.15, 0.2) is 41.8 Å². The lowest BCUT2D eigenvalue weighted by Crippen LogP contribution is -2.52. The second-order valence-corrected chi connectivity index (χ2v) is 9.54. The highest BCUT2D eigenvalue weighted by Gasteiger charge is 2.25. The van der Waals surface area contributed by atoms with Crippen LogP contribution < -0.4 is 5.32 Å². The summed E-state index contributed by atoms with van der Waals surface area (Å²) in [6, 6.07) is 9.94. The topological polar surface area (TPSA) is 55.9 Å². The number of rotatable bonds is 7. The fraction of sp³-hybridized carbons (Fsp3) is 0.500. The standard InChI is InChI=1S/C24H31FN4O2S/c25-20-8-6-19(7-9-20)24(21-5-4-16-32-21)26-22(30)17-27-12-14-28(15-13-27)18-23(31)29-10-2-1-3-11-29/h4-9,16,24H,1-3,10-15,17-18H2,(H,26,30). The second kappa shape index (κ2) is 11.0. The molecule has 2 aliphatic heterocycles. The van der Waals surface area contributed by atoms with E-state index in [-0.39, 0.29) is 23.7 Å². The molecule has 3 heterocycles.